The first-order valence-corrected chi connectivity index (χ1v) is 10.8. The van der Waals surface area contributed by atoms with E-state index in [1.807, 2.05) is 4.90 Å². The van der Waals surface area contributed by atoms with Gasteiger partial charge in [0, 0.05) is 47.2 Å². The molecule has 1 atom stereocenters. The highest BCUT2D eigenvalue weighted by Crippen LogP contribution is 2.25. The van der Waals surface area contributed by atoms with Gasteiger partial charge in [-0.3, -0.25) is 28.6 Å². The van der Waals surface area contributed by atoms with Crippen molar-refractivity contribution < 1.29 is 23.9 Å². The second kappa shape index (κ2) is 10.1. The summed E-state index contributed by atoms with van der Waals surface area (Å²) in [5, 5.41) is 10.4. The maximum Gasteiger partial charge on any atom is 0.311 e. The minimum absolute atomic E-state index is 0.0364. The van der Waals surface area contributed by atoms with E-state index in [-0.39, 0.29) is 43.3 Å². The molecular formula is C23H28FN5O5. The molecule has 0 radical (unpaired) electrons. The normalized spacial score (nSPS) is 15.5. The van der Waals surface area contributed by atoms with Crippen LogP contribution in [0.2, 0.25) is 0 Å². The Morgan fingerprint density at radius 2 is 1.76 bits per heavy atom. The van der Waals surface area contributed by atoms with Crippen LogP contribution in [0.25, 0.3) is 0 Å². The largest absolute Gasteiger partial charge is 0.501 e. The van der Waals surface area contributed by atoms with Gasteiger partial charge in [-0.15, -0.1) is 0 Å². The third kappa shape index (κ3) is 5.14. The highest BCUT2D eigenvalue weighted by atomic mass is 19.1. The first-order valence-electron chi connectivity index (χ1n) is 10.8. The fraction of sp³-hybridized carbons (Fsp3) is 0.435. The van der Waals surface area contributed by atoms with E-state index in [4.69, 9.17) is 0 Å². The number of nitrogens with zero attached hydrogens (tertiary/aromatic N) is 5. The predicted molar refractivity (Wildman–Crippen MR) is 121 cm³/mol. The van der Waals surface area contributed by atoms with Gasteiger partial charge in [0.15, 0.2) is 11.5 Å². The summed E-state index contributed by atoms with van der Waals surface area (Å²) in [6.45, 7) is 0.746. The Bertz CT molecular complexity index is 1160. The summed E-state index contributed by atoms with van der Waals surface area (Å²) in [7, 11) is 6.22. The molecule has 2 amide bonds. The van der Waals surface area contributed by atoms with Gasteiger partial charge in [-0.05, 0) is 31.2 Å². The van der Waals surface area contributed by atoms with Gasteiger partial charge in [-0.1, -0.05) is 12.1 Å². The van der Waals surface area contributed by atoms with Gasteiger partial charge in [0.2, 0.25) is 5.75 Å². The molecule has 0 saturated heterocycles. The average Bonchev–Trinajstić information content (AvgIpc) is 2.81. The molecule has 0 fully saturated rings. The van der Waals surface area contributed by atoms with E-state index >= 15 is 0 Å². The molecule has 1 aromatic carbocycles. The van der Waals surface area contributed by atoms with Crippen molar-refractivity contribution in [1.29, 1.82) is 0 Å². The van der Waals surface area contributed by atoms with Crippen molar-refractivity contribution in [3.8, 4) is 5.75 Å². The Balaban J connectivity index is 1.88. The van der Waals surface area contributed by atoms with Gasteiger partial charge in [0.05, 0.1) is 6.04 Å². The molecule has 1 unspecified atom stereocenters. The van der Waals surface area contributed by atoms with Crippen molar-refractivity contribution in [2.75, 3.05) is 41.3 Å². The summed E-state index contributed by atoms with van der Waals surface area (Å²) in [5.74, 6) is -2.80. The molecule has 0 spiro atoms. The number of ketones is 1. The minimum atomic E-state index is -0.730. The molecule has 10 nitrogen and oxygen atoms in total. The summed E-state index contributed by atoms with van der Waals surface area (Å²) >= 11 is 0. The van der Waals surface area contributed by atoms with E-state index in [0.29, 0.717) is 6.54 Å². The number of hydrogen-bond donors (Lipinski definition) is 1. The van der Waals surface area contributed by atoms with Gasteiger partial charge >= 0.3 is 11.8 Å². The summed E-state index contributed by atoms with van der Waals surface area (Å²) < 4.78 is 14.4. The SMILES string of the molecule is CN(C)C(=O)C(=O)N(C)CC1c2nc(C(=O)CCc3ccc(F)cc3)c(O)c(=O)n2CCN1C. The summed E-state index contributed by atoms with van der Waals surface area (Å²) in [6.07, 6.45) is 0.247. The number of Topliss-reactive ketones (excluding diaryl/α,β-unsaturated/α-hetero) is 1. The number of halogens is 1. The van der Waals surface area contributed by atoms with Gasteiger partial charge in [0.1, 0.15) is 11.6 Å². The molecule has 0 bridgehead atoms. The van der Waals surface area contributed by atoms with E-state index < -0.39 is 34.9 Å². The van der Waals surface area contributed by atoms with Crippen molar-refractivity contribution in [3.05, 3.63) is 57.5 Å². The molecule has 11 heteroatoms. The maximum absolute atomic E-state index is 13.1. The molecule has 34 heavy (non-hydrogen) atoms. The summed E-state index contributed by atoms with van der Waals surface area (Å²) in [4.78, 5) is 58.8. The number of aromatic hydroxyl groups is 1. The van der Waals surface area contributed by atoms with Crippen LogP contribution in [-0.4, -0.2) is 88.2 Å². The quantitative estimate of drug-likeness (QED) is 0.478. The average molecular weight is 474 g/mol. The zero-order valence-electron chi connectivity index (χ0n) is 19.6. The standard InChI is InChI=1S/C23H28FN5O5/c1-26(2)22(33)23(34)28(4)13-16-20-25-18(19(31)21(32)29(20)12-11-27(16)3)17(30)10-7-14-5-8-15(24)9-6-14/h5-6,8-9,16,31H,7,10-13H2,1-4H3. The number of carbonyl (C=O) groups excluding carboxylic acids is 3. The molecule has 1 aromatic heterocycles. The lowest BCUT2D eigenvalue weighted by atomic mass is 10.0. The number of likely N-dealkylation sites (N-methyl/N-ethyl adjacent to an activating group) is 3. The molecule has 0 saturated carbocycles. The maximum atomic E-state index is 13.1. The molecule has 182 valence electrons. The molecule has 1 N–H and O–H groups in total. The highest BCUT2D eigenvalue weighted by molar-refractivity contribution is 6.34. The molecule has 2 heterocycles. The first-order chi connectivity index (χ1) is 16.0. The molecular weight excluding hydrogens is 445 g/mol. The predicted octanol–water partition coefficient (Wildman–Crippen LogP) is 0.437. The number of amides is 2. The minimum Gasteiger partial charge on any atom is -0.501 e. The van der Waals surface area contributed by atoms with Crippen molar-refractivity contribution in [1.82, 2.24) is 24.3 Å². The number of carbonyl (C=O) groups is 3. The fourth-order valence-electron chi connectivity index (χ4n) is 3.78. The molecule has 1 aliphatic heterocycles. The lowest BCUT2D eigenvalue weighted by Crippen LogP contribution is -2.48. The van der Waals surface area contributed by atoms with Crippen molar-refractivity contribution >= 4 is 17.6 Å². The Morgan fingerprint density at radius 1 is 1.12 bits per heavy atom. The van der Waals surface area contributed by atoms with E-state index in [9.17, 15) is 28.7 Å². The Morgan fingerprint density at radius 3 is 2.38 bits per heavy atom. The summed E-state index contributed by atoms with van der Waals surface area (Å²) in [5.41, 5.74) is -0.337. The smallest absolute Gasteiger partial charge is 0.311 e. The number of hydrogen-bond acceptors (Lipinski definition) is 7. The number of fused-ring (bicyclic) bond motifs is 1. The first kappa shape index (κ1) is 25.0. The van der Waals surface area contributed by atoms with Crippen LogP contribution in [0.4, 0.5) is 4.39 Å². The number of benzene rings is 1. The van der Waals surface area contributed by atoms with Crippen molar-refractivity contribution in [2.24, 2.45) is 0 Å². The zero-order valence-corrected chi connectivity index (χ0v) is 19.6. The Kier molecular flexibility index (Phi) is 7.45. The molecule has 1 aliphatic rings. The van der Waals surface area contributed by atoms with E-state index in [0.717, 1.165) is 5.56 Å². The zero-order chi connectivity index (χ0) is 25.2. The van der Waals surface area contributed by atoms with E-state index in [2.05, 4.69) is 4.98 Å². The van der Waals surface area contributed by atoms with Crippen molar-refractivity contribution in [2.45, 2.75) is 25.4 Å². The van der Waals surface area contributed by atoms with Gasteiger partial charge in [0.25, 0.3) is 5.56 Å². The number of aryl methyl sites for hydroxylation is 1. The fourth-order valence-corrected chi connectivity index (χ4v) is 3.78. The third-order valence-electron chi connectivity index (χ3n) is 5.88. The number of rotatable bonds is 6. The van der Waals surface area contributed by atoms with Crippen molar-refractivity contribution in [3.63, 3.8) is 0 Å². The molecule has 0 aliphatic carbocycles. The number of aromatic nitrogens is 2. The topological polar surface area (TPSA) is 116 Å². The Hall–Kier alpha value is -3.60. The lowest BCUT2D eigenvalue weighted by molar-refractivity contribution is -0.150. The molecule has 3 rings (SSSR count). The third-order valence-corrected chi connectivity index (χ3v) is 5.88. The van der Waals surface area contributed by atoms with Gasteiger partial charge in [-0.2, -0.15) is 0 Å². The van der Waals surface area contributed by atoms with Crippen LogP contribution < -0.4 is 5.56 Å². The molecule has 2 aromatic rings. The van der Waals surface area contributed by atoms with Gasteiger partial charge < -0.3 is 14.9 Å². The van der Waals surface area contributed by atoms with Crippen LogP contribution in [0.1, 0.15) is 34.3 Å². The lowest BCUT2D eigenvalue weighted by Gasteiger charge is -2.36. The monoisotopic (exact) mass is 473 g/mol. The van der Waals surface area contributed by atoms with Crippen LogP contribution in [0.5, 0.6) is 5.75 Å². The van der Waals surface area contributed by atoms with E-state index in [1.165, 1.54) is 47.6 Å². The van der Waals surface area contributed by atoms with Gasteiger partial charge in [-0.25, -0.2) is 9.37 Å². The highest BCUT2D eigenvalue weighted by Gasteiger charge is 2.33. The summed E-state index contributed by atoms with van der Waals surface area (Å²) in [6, 6.07) is 5.13. The van der Waals surface area contributed by atoms with Crippen LogP contribution in [-0.2, 0) is 22.6 Å². The second-order valence-electron chi connectivity index (χ2n) is 8.56. The Labute approximate surface area is 196 Å². The van der Waals surface area contributed by atoms with Crippen LogP contribution in [0.15, 0.2) is 29.1 Å². The second-order valence-corrected chi connectivity index (χ2v) is 8.56. The van der Waals surface area contributed by atoms with Crippen LogP contribution in [0.3, 0.4) is 0 Å². The van der Waals surface area contributed by atoms with Crippen LogP contribution in [0, 0.1) is 5.82 Å². The van der Waals surface area contributed by atoms with Crippen LogP contribution >= 0.6 is 0 Å². The van der Waals surface area contributed by atoms with E-state index in [1.54, 1.807) is 19.2 Å².